The van der Waals surface area contributed by atoms with Crippen molar-refractivity contribution in [1.29, 1.82) is 21.0 Å². The molecular formula is C42H49N4+. The predicted octanol–water partition coefficient (Wildman–Crippen LogP) is 11.6. The highest BCUT2D eigenvalue weighted by Gasteiger charge is 2.35. The number of hydrogen-bond donors (Lipinski definition) is 0. The summed E-state index contributed by atoms with van der Waals surface area (Å²) in [5, 5.41) is 36.0. The Morgan fingerprint density at radius 3 is 1.96 bits per heavy atom. The largest absolute Gasteiger partial charge is 0.197 e. The highest BCUT2D eigenvalue weighted by atomic mass is 14.4. The lowest BCUT2D eigenvalue weighted by molar-refractivity contribution is 0.450. The average molecular weight is 610 g/mol. The van der Waals surface area contributed by atoms with Crippen molar-refractivity contribution in [2.24, 2.45) is 5.41 Å². The minimum atomic E-state index is -1.02. The standard InChI is InChI=1S/C22H28N2.C10H5N2.C10H16/c1-5-19(11-9-10-18(2)3)14-15-21(22(4,16-23)17-24)20-12-7-6-8-13-20;11-7-10(8-12)6-9-4-2-1-3-5-9;1-5-10(4)8-6-7-9(2)3/h6-8,10,12-14,21H,5,9,11,15H2,1-4H3;1-2,4-6H;5,7H,1,4,6,8H2,2-3H3/q;+1;. The number of allylic oxidation sites excluding steroid dienone is 16. The Bertz CT molecular complexity index is 1470. The fourth-order valence-electron chi connectivity index (χ4n) is 4.23. The number of hydrogen-bond acceptors (Lipinski definition) is 4. The van der Waals surface area contributed by atoms with Gasteiger partial charge < -0.3 is 0 Å². The van der Waals surface area contributed by atoms with Crippen LogP contribution in [-0.4, -0.2) is 0 Å². The molecule has 1 atom stereocenters. The minimum absolute atomic E-state index is 0.106. The lowest BCUT2D eigenvalue weighted by atomic mass is 9.73. The van der Waals surface area contributed by atoms with E-state index in [4.69, 9.17) is 10.5 Å². The van der Waals surface area contributed by atoms with Crippen molar-refractivity contribution in [3.63, 3.8) is 0 Å². The van der Waals surface area contributed by atoms with Crippen molar-refractivity contribution in [3.05, 3.63) is 143 Å². The molecule has 236 valence electrons. The quantitative estimate of drug-likeness (QED) is 0.0961. The first-order valence-corrected chi connectivity index (χ1v) is 15.6. The van der Waals surface area contributed by atoms with Gasteiger partial charge in [0.25, 0.3) is 0 Å². The van der Waals surface area contributed by atoms with Crippen LogP contribution in [0.4, 0.5) is 0 Å². The normalized spacial score (nSPS) is 11.7. The molecule has 2 rings (SSSR count). The second kappa shape index (κ2) is 24.1. The van der Waals surface area contributed by atoms with Crippen LogP contribution in [0, 0.1) is 56.8 Å². The first-order valence-electron chi connectivity index (χ1n) is 15.6. The first kappa shape index (κ1) is 40.8. The van der Waals surface area contributed by atoms with E-state index in [2.05, 4.69) is 84.2 Å². The van der Waals surface area contributed by atoms with Crippen molar-refractivity contribution in [3.8, 4) is 24.3 Å². The molecule has 0 bridgehead atoms. The molecule has 4 heteroatoms. The van der Waals surface area contributed by atoms with E-state index in [0.717, 1.165) is 55.2 Å². The zero-order valence-corrected chi connectivity index (χ0v) is 28.6. The van der Waals surface area contributed by atoms with E-state index in [1.807, 2.05) is 42.5 Å². The summed E-state index contributed by atoms with van der Waals surface area (Å²) in [5.74, 6) is -0.112. The van der Waals surface area contributed by atoms with E-state index >= 15 is 0 Å². The Hall–Kier alpha value is -5.25. The molecule has 46 heavy (non-hydrogen) atoms. The van der Waals surface area contributed by atoms with E-state index in [0.29, 0.717) is 0 Å². The molecule has 1 aromatic carbocycles. The second-order valence-corrected chi connectivity index (χ2v) is 11.5. The topological polar surface area (TPSA) is 95.2 Å². The summed E-state index contributed by atoms with van der Waals surface area (Å²) in [7, 11) is 0. The first-order chi connectivity index (χ1) is 22.0. The van der Waals surface area contributed by atoms with Gasteiger partial charge in [0.2, 0.25) is 0 Å². The van der Waals surface area contributed by atoms with Gasteiger partial charge in [-0.25, -0.2) is 0 Å². The summed E-state index contributed by atoms with van der Waals surface area (Å²) in [5.41, 5.74) is 6.19. The Kier molecular flexibility index (Phi) is 21.4. The molecule has 0 amide bonds. The second-order valence-electron chi connectivity index (χ2n) is 11.5. The minimum Gasteiger partial charge on any atom is -0.197 e. The molecule has 1 aliphatic rings. The van der Waals surface area contributed by atoms with Gasteiger partial charge >= 0.3 is 0 Å². The highest BCUT2D eigenvalue weighted by molar-refractivity contribution is 5.47. The van der Waals surface area contributed by atoms with Gasteiger partial charge in [0.1, 0.15) is 35.3 Å². The van der Waals surface area contributed by atoms with Gasteiger partial charge in [0.05, 0.1) is 23.8 Å². The molecule has 0 aromatic heterocycles. The highest BCUT2D eigenvalue weighted by Crippen LogP contribution is 2.38. The van der Waals surface area contributed by atoms with Crippen molar-refractivity contribution in [2.45, 2.75) is 86.0 Å². The van der Waals surface area contributed by atoms with Gasteiger partial charge in [-0.05, 0) is 78.7 Å². The monoisotopic (exact) mass is 609 g/mol. The Labute approximate surface area is 279 Å². The van der Waals surface area contributed by atoms with Gasteiger partial charge in [0.15, 0.2) is 0 Å². The third-order valence-corrected chi connectivity index (χ3v) is 7.07. The molecule has 0 saturated carbocycles. The maximum atomic E-state index is 9.54. The van der Waals surface area contributed by atoms with Crippen LogP contribution in [0.5, 0.6) is 0 Å². The van der Waals surface area contributed by atoms with Crippen molar-refractivity contribution < 1.29 is 0 Å². The molecule has 0 aliphatic heterocycles. The van der Waals surface area contributed by atoms with Crippen molar-refractivity contribution in [1.82, 2.24) is 0 Å². The lowest BCUT2D eigenvalue weighted by Gasteiger charge is -2.25. The average Bonchev–Trinajstić information content (AvgIpc) is 3.07. The predicted molar refractivity (Wildman–Crippen MR) is 193 cm³/mol. The molecule has 1 aliphatic carbocycles. The Morgan fingerprint density at radius 2 is 1.50 bits per heavy atom. The molecule has 1 aromatic rings. The molecule has 0 saturated heterocycles. The van der Waals surface area contributed by atoms with E-state index in [1.165, 1.54) is 22.8 Å². The molecule has 1 unspecified atom stereocenters. The maximum Gasteiger partial charge on any atom is 0.148 e. The summed E-state index contributed by atoms with van der Waals surface area (Å²) in [6.45, 7) is 19.8. The van der Waals surface area contributed by atoms with Crippen LogP contribution in [0.3, 0.4) is 0 Å². The smallest absolute Gasteiger partial charge is 0.148 e. The molecule has 0 spiro atoms. The SMILES string of the molecule is C=CC(=C)CCC=C(C)C.CCC(=CCC(c1ccccc1)C(C)(C#N)C#N)CCC=C(C)C.N#CC(C#N)=CC1=CC=C[C+]=C1. The van der Waals surface area contributed by atoms with Crippen molar-refractivity contribution in [2.75, 3.05) is 0 Å². The Balaban J connectivity index is 0.000000762. The summed E-state index contributed by atoms with van der Waals surface area (Å²) in [4.78, 5) is 0. The van der Waals surface area contributed by atoms with Crippen LogP contribution in [-0.2, 0) is 0 Å². The zero-order valence-electron chi connectivity index (χ0n) is 28.6. The molecule has 0 fully saturated rings. The molecule has 4 nitrogen and oxygen atoms in total. The summed E-state index contributed by atoms with van der Waals surface area (Å²) in [6.07, 6.45) is 25.9. The van der Waals surface area contributed by atoms with Crippen LogP contribution >= 0.6 is 0 Å². The van der Waals surface area contributed by atoms with Crippen LogP contribution in [0.15, 0.2) is 132 Å². The Morgan fingerprint density at radius 1 is 0.913 bits per heavy atom. The third-order valence-electron chi connectivity index (χ3n) is 7.07. The lowest BCUT2D eigenvalue weighted by Crippen LogP contribution is -2.22. The fourth-order valence-corrected chi connectivity index (χ4v) is 4.23. The van der Waals surface area contributed by atoms with Gasteiger partial charge in [-0.3, -0.25) is 0 Å². The molecular weight excluding hydrogens is 560 g/mol. The van der Waals surface area contributed by atoms with Crippen molar-refractivity contribution >= 4 is 0 Å². The molecule has 0 heterocycles. The number of nitrogens with zero attached hydrogens (tertiary/aromatic N) is 4. The van der Waals surface area contributed by atoms with Crippen LogP contribution in [0.25, 0.3) is 0 Å². The van der Waals surface area contributed by atoms with Crippen LogP contribution in [0.2, 0.25) is 0 Å². The third kappa shape index (κ3) is 17.8. The van der Waals surface area contributed by atoms with Crippen LogP contribution in [0.1, 0.15) is 91.5 Å². The van der Waals surface area contributed by atoms with Gasteiger partial charge in [-0.1, -0.05) is 97.0 Å². The number of benzene rings is 1. The fraction of sp³-hybridized carbons (Fsp3) is 0.333. The maximum absolute atomic E-state index is 9.54. The molecule has 0 radical (unpaired) electrons. The van der Waals surface area contributed by atoms with Gasteiger partial charge in [-0.15, -0.1) is 0 Å². The van der Waals surface area contributed by atoms with E-state index in [-0.39, 0.29) is 11.5 Å². The zero-order chi connectivity index (χ0) is 34.8. The van der Waals surface area contributed by atoms with Gasteiger partial charge in [-0.2, -0.15) is 21.0 Å². The van der Waals surface area contributed by atoms with E-state index < -0.39 is 5.41 Å². The van der Waals surface area contributed by atoms with Crippen LogP contribution < -0.4 is 0 Å². The number of rotatable bonds is 13. The summed E-state index contributed by atoms with van der Waals surface area (Å²) in [6, 6.07) is 18.0. The summed E-state index contributed by atoms with van der Waals surface area (Å²) >= 11 is 0. The van der Waals surface area contributed by atoms with E-state index in [9.17, 15) is 10.5 Å². The number of nitriles is 4. The molecule has 0 N–H and O–H groups in total. The van der Waals surface area contributed by atoms with Gasteiger partial charge in [0, 0.05) is 24.1 Å². The summed E-state index contributed by atoms with van der Waals surface area (Å²) < 4.78 is 0. The van der Waals surface area contributed by atoms with E-state index in [1.54, 1.807) is 37.3 Å².